The van der Waals surface area contributed by atoms with E-state index in [9.17, 15) is 27.2 Å². The van der Waals surface area contributed by atoms with Crippen molar-refractivity contribution in [1.29, 1.82) is 0 Å². The Bertz CT molecular complexity index is 2190. The van der Waals surface area contributed by atoms with Crippen molar-refractivity contribution in [3.8, 4) is 28.5 Å². The summed E-state index contributed by atoms with van der Waals surface area (Å²) in [5.74, 6) is -0.0521. The van der Waals surface area contributed by atoms with Gasteiger partial charge in [-0.15, -0.1) is 0 Å². The standard InChI is InChI=1S/C44H55FN4O8S/c1-26(2)56-31-12-10-29(11-13-31)35-21-39(34-15-14-32(55-5)19-36(34)47-35)57-33-20-37-38(50)23-44(42(52)48-58(53,54)43(25-45)16-17-43)22-30(44)9-7-6-8-27(3)18-28(4)40(46)41(51)49(37)24-33/h7,9-15,19,21,26-28,30,33,37,40H,6,8,16-18,20,22-25,46H2,1-5H3,(H,48,52)/b9-7-/t27-,28-,30-,33-,37+,40+,44-/m1/s1. The maximum Gasteiger partial charge on any atom is 0.243 e. The number of alkyl halides is 1. The number of nitrogens with one attached hydrogen (secondary N) is 1. The molecule has 0 radical (unpaired) electrons. The van der Waals surface area contributed by atoms with Crippen molar-refractivity contribution in [2.75, 3.05) is 20.3 Å². The van der Waals surface area contributed by atoms with Crippen LogP contribution < -0.4 is 24.7 Å². The molecule has 2 amide bonds. The number of aromatic nitrogens is 1. The SMILES string of the molecule is COc1ccc2c(O[C@@H]3C[C@H]4C(=O)C[C@]5(C(=O)NS(=O)(=O)C6(CF)CC6)C[C@H]5/C=C\CC[C@@H](C)C[C@@H](C)[C@H](N)C(=O)N4C3)cc(-c3ccc(OC(C)C)cc3)nc2c1. The van der Waals surface area contributed by atoms with Gasteiger partial charge >= 0.3 is 0 Å². The highest BCUT2D eigenvalue weighted by Crippen LogP contribution is 2.58. The third-order valence-corrected chi connectivity index (χ3v) is 14.6. The molecule has 312 valence electrons. The van der Waals surface area contributed by atoms with Gasteiger partial charge in [-0.25, -0.2) is 17.8 Å². The van der Waals surface area contributed by atoms with Crippen molar-refractivity contribution >= 4 is 38.5 Å². The topological polar surface area (TPSA) is 167 Å². The van der Waals surface area contributed by atoms with Gasteiger partial charge in [0.15, 0.2) is 5.78 Å². The number of pyridine rings is 1. The van der Waals surface area contributed by atoms with Gasteiger partial charge in [-0.2, -0.15) is 0 Å². The van der Waals surface area contributed by atoms with E-state index in [1.807, 2.05) is 81.5 Å². The fourth-order valence-corrected chi connectivity index (χ4v) is 10.1. The molecular weight excluding hydrogens is 764 g/mol. The van der Waals surface area contributed by atoms with Crippen LogP contribution in [0.15, 0.2) is 60.7 Å². The van der Waals surface area contributed by atoms with Crippen LogP contribution >= 0.6 is 0 Å². The molecule has 0 bridgehead atoms. The number of amides is 2. The Balaban J connectivity index is 1.21. The van der Waals surface area contributed by atoms with Gasteiger partial charge in [0.1, 0.15) is 34.8 Å². The van der Waals surface area contributed by atoms with Crippen LogP contribution in [0, 0.1) is 23.2 Å². The first-order valence-electron chi connectivity index (χ1n) is 20.4. The van der Waals surface area contributed by atoms with Crippen molar-refractivity contribution in [2.45, 2.75) is 108 Å². The molecule has 3 fully saturated rings. The molecule has 2 aromatic carbocycles. The average molecular weight is 819 g/mol. The Morgan fingerprint density at radius 3 is 2.47 bits per heavy atom. The Morgan fingerprint density at radius 1 is 1.07 bits per heavy atom. The molecule has 58 heavy (non-hydrogen) atoms. The molecule has 14 heteroatoms. The molecule has 12 nitrogen and oxygen atoms in total. The van der Waals surface area contributed by atoms with Gasteiger partial charge < -0.3 is 24.8 Å². The quantitative estimate of drug-likeness (QED) is 0.222. The van der Waals surface area contributed by atoms with Crippen LogP contribution in [-0.4, -0.2) is 85.3 Å². The lowest BCUT2D eigenvalue weighted by Gasteiger charge is -2.30. The zero-order chi connectivity index (χ0) is 41.6. The molecule has 1 saturated heterocycles. The van der Waals surface area contributed by atoms with Crippen molar-refractivity contribution in [1.82, 2.24) is 14.6 Å². The van der Waals surface area contributed by atoms with Crippen LogP contribution in [0.25, 0.3) is 22.2 Å². The van der Waals surface area contributed by atoms with Crippen molar-refractivity contribution in [3.63, 3.8) is 0 Å². The molecule has 7 atom stereocenters. The number of benzene rings is 2. The first-order valence-corrected chi connectivity index (χ1v) is 21.9. The Morgan fingerprint density at radius 2 is 1.79 bits per heavy atom. The van der Waals surface area contributed by atoms with Crippen LogP contribution in [0.1, 0.15) is 79.1 Å². The van der Waals surface area contributed by atoms with Gasteiger partial charge in [-0.05, 0) is 107 Å². The number of nitrogens with zero attached hydrogens (tertiary/aromatic N) is 2. The van der Waals surface area contributed by atoms with Crippen molar-refractivity contribution in [3.05, 3.63) is 60.7 Å². The maximum atomic E-state index is 14.6. The maximum absolute atomic E-state index is 14.6. The first-order chi connectivity index (χ1) is 27.6. The highest BCUT2D eigenvalue weighted by Gasteiger charge is 2.63. The van der Waals surface area contributed by atoms with E-state index in [4.69, 9.17) is 24.9 Å². The van der Waals surface area contributed by atoms with E-state index >= 15 is 0 Å². The molecule has 0 unspecified atom stereocenters. The van der Waals surface area contributed by atoms with Gasteiger partial charge in [-0.3, -0.25) is 19.1 Å². The van der Waals surface area contributed by atoms with Gasteiger partial charge in [0, 0.05) is 35.9 Å². The number of hydrogen-bond acceptors (Lipinski definition) is 10. The number of fused-ring (bicyclic) bond motifs is 3. The van der Waals surface area contributed by atoms with Crippen LogP contribution in [0.5, 0.6) is 17.2 Å². The number of carbonyl (C=O) groups is 3. The highest BCUT2D eigenvalue weighted by molar-refractivity contribution is 7.91. The van der Waals surface area contributed by atoms with Gasteiger partial charge in [0.2, 0.25) is 21.8 Å². The predicted octanol–water partition coefficient (Wildman–Crippen LogP) is 6.30. The van der Waals surface area contributed by atoms with Crippen LogP contribution in [0.4, 0.5) is 4.39 Å². The second kappa shape index (κ2) is 16.2. The third kappa shape index (κ3) is 8.32. The van der Waals surface area contributed by atoms with Crippen LogP contribution in [-0.2, 0) is 24.4 Å². The molecular formula is C44H55FN4O8S. The first kappa shape index (κ1) is 41.6. The molecule has 7 rings (SSSR count). The lowest BCUT2D eigenvalue weighted by atomic mass is 9.88. The molecule has 2 saturated carbocycles. The number of hydrogen-bond donors (Lipinski definition) is 2. The second-order valence-corrected chi connectivity index (χ2v) is 19.3. The summed E-state index contributed by atoms with van der Waals surface area (Å²) in [6.07, 6.45) is 5.84. The summed E-state index contributed by atoms with van der Waals surface area (Å²) in [6, 6.07) is 13.1. The normalized spacial score (nSPS) is 29.1. The Kier molecular flexibility index (Phi) is 11.6. The number of methoxy groups -OCH3 is 1. The number of carbonyl (C=O) groups excluding carboxylic acids is 3. The van der Waals surface area contributed by atoms with Crippen LogP contribution in [0.2, 0.25) is 0 Å². The fraction of sp³-hybridized carbons (Fsp3) is 0.545. The number of ether oxygens (including phenoxy) is 3. The third-order valence-electron chi connectivity index (χ3n) is 12.5. The summed E-state index contributed by atoms with van der Waals surface area (Å²) in [5, 5.41) is 0.705. The average Bonchev–Trinajstić information content (AvgIpc) is 4.10. The summed E-state index contributed by atoms with van der Waals surface area (Å²) in [6.45, 7) is 6.96. The largest absolute Gasteiger partial charge is 0.497 e. The summed E-state index contributed by atoms with van der Waals surface area (Å²) in [4.78, 5) is 49.3. The van der Waals surface area contributed by atoms with E-state index in [1.54, 1.807) is 7.11 Å². The summed E-state index contributed by atoms with van der Waals surface area (Å²) in [5.41, 5.74) is 7.40. The Labute approximate surface area is 340 Å². The molecule has 3 heterocycles. The number of nitrogens with two attached hydrogens (primary N) is 1. The van der Waals surface area contributed by atoms with E-state index in [2.05, 4.69) is 11.6 Å². The number of rotatable bonds is 10. The molecule has 2 aliphatic carbocycles. The molecule has 2 aliphatic heterocycles. The Hall–Kier alpha value is -4.56. The fourth-order valence-electron chi connectivity index (χ4n) is 8.62. The molecule has 3 N–H and O–H groups in total. The molecule has 0 spiro atoms. The van der Waals surface area contributed by atoms with Crippen molar-refractivity contribution < 1.29 is 41.4 Å². The smallest absolute Gasteiger partial charge is 0.243 e. The van der Waals surface area contributed by atoms with E-state index in [1.165, 1.54) is 4.90 Å². The molecule has 3 aromatic rings. The van der Waals surface area contributed by atoms with Gasteiger partial charge in [0.25, 0.3) is 0 Å². The van der Waals surface area contributed by atoms with Gasteiger partial charge in [-0.1, -0.05) is 26.0 Å². The van der Waals surface area contributed by atoms with Gasteiger partial charge in [0.05, 0.1) is 48.5 Å². The van der Waals surface area contributed by atoms with E-state index in [0.29, 0.717) is 40.9 Å². The minimum Gasteiger partial charge on any atom is -0.497 e. The highest BCUT2D eigenvalue weighted by atomic mass is 32.2. The van der Waals surface area contributed by atoms with E-state index in [-0.39, 0.29) is 68.3 Å². The minimum absolute atomic E-state index is 0.0153. The number of halogens is 1. The number of allylic oxidation sites excluding steroid dienone is 2. The molecule has 1 aromatic heterocycles. The molecule has 4 aliphatic rings. The summed E-state index contributed by atoms with van der Waals surface area (Å²) >= 11 is 0. The predicted molar refractivity (Wildman–Crippen MR) is 218 cm³/mol. The lowest BCUT2D eigenvalue weighted by Crippen LogP contribution is -2.52. The monoisotopic (exact) mass is 818 g/mol. The van der Waals surface area contributed by atoms with E-state index in [0.717, 1.165) is 17.7 Å². The van der Waals surface area contributed by atoms with Crippen LogP contribution in [0.3, 0.4) is 0 Å². The summed E-state index contributed by atoms with van der Waals surface area (Å²) in [7, 11) is -2.74. The zero-order valence-corrected chi connectivity index (χ0v) is 34.7. The van der Waals surface area contributed by atoms with E-state index < -0.39 is 56.9 Å². The van der Waals surface area contributed by atoms with Crippen molar-refractivity contribution in [2.24, 2.45) is 28.9 Å². The number of ketones is 1. The summed E-state index contributed by atoms with van der Waals surface area (Å²) < 4.78 is 58.9. The second-order valence-electron chi connectivity index (χ2n) is 17.3. The number of Topliss-reactive ketones (excluding diaryl/α,β-unsaturated/α-hetero) is 1. The minimum atomic E-state index is -4.32. The zero-order valence-electron chi connectivity index (χ0n) is 33.9. The number of sulfonamides is 1. The lowest BCUT2D eigenvalue weighted by molar-refractivity contribution is -0.140.